The number of carbonyl (C=O) groups is 1. The summed E-state index contributed by atoms with van der Waals surface area (Å²) < 4.78 is 1.60. The summed E-state index contributed by atoms with van der Waals surface area (Å²) in [5.41, 5.74) is 0.322. The highest BCUT2D eigenvalue weighted by atomic mass is 16.3. The maximum Gasteiger partial charge on any atom is 0.255 e. The molecule has 7 heteroatoms. The lowest BCUT2D eigenvalue weighted by Crippen LogP contribution is -2.52. The average molecular weight is 301 g/mol. The number of aliphatic hydroxyl groups is 1. The zero-order valence-electron chi connectivity index (χ0n) is 12.5. The van der Waals surface area contributed by atoms with E-state index in [2.05, 4.69) is 15.3 Å². The lowest BCUT2D eigenvalue weighted by molar-refractivity contribution is -0.0387. The second-order valence-corrected chi connectivity index (χ2v) is 5.79. The predicted octanol–water partition coefficient (Wildman–Crippen LogP) is 0.649. The molecule has 1 aliphatic heterocycles. The van der Waals surface area contributed by atoms with Crippen LogP contribution in [0, 0.1) is 6.92 Å². The third-order valence-corrected chi connectivity index (χ3v) is 4.01. The topological polar surface area (TPSA) is 84.1 Å². The van der Waals surface area contributed by atoms with Crippen LogP contribution in [0.4, 0.5) is 0 Å². The van der Waals surface area contributed by atoms with Gasteiger partial charge in [0.2, 0.25) is 0 Å². The summed E-state index contributed by atoms with van der Waals surface area (Å²) in [6.07, 6.45) is 6.36. The molecule has 7 nitrogen and oxygen atoms in total. The van der Waals surface area contributed by atoms with E-state index in [-0.39, 0.29) is 5.91 Å². The first-order chi connectivity index (χ1) is 10.6. The maximum atomic E-state index is 12.7. The summed E-state index contributed by atoms with van der Waals surface area (Å²) in [5, 5.41) is 18.4. The third-order valence-electron chi connectivity index (χ3n) is 4.01. The molecule has 1 N–H and O–H groups in total. The van der Waals surface area contributed by atoms with Gasteiger partial charge in [-0.3, -0.25) is 9.78 Å². The van der Waals surface area contributed by atoms with E-state index in [0.717, 1.165) is 6.42 Å². The number of hydrogen-bond acceptors (Lipinski definition) is 5. The Kier molecular flexibility index (Phi) is 3.89. The van der Waals surface area contributed by atoms with Crippen molar-refractivity contribution in [1.29, 1.82) is 0 Å². The molecule has 3 heterocycles. The molecule has 22 heavy (non-hydrogen) atoms. The smallest absolute Gasteiger partial charge is 0.255 e. The van der Waals surface area contributed by atoms with Crippen LogP contribution in [-0.4, -0.2) is 54.6 Å². The minimum Gasteiger partial charge on any atom is -0.386 e. The van der Waals surface area contributed by atoms with Crippen molar-refractivity contribution in [3.05, 3.63) is 42.0 Å². The van der Waals surface area contributed by atoms with E-state index in [4.69, 9.17) is 0 Å². The van der Waals surface area contributed by atoms with Crippen LogP contribution in [0.1, 0.15) is 28.9 Å². The summed E-state index contributed by atoms with van der Waals surface area (Å²) in [6, 6.07) is 3.53. The summed E-state index contributed by atoms with van der Waals surface area (Å²) in [5.74, 6) is -0.0812. The lowest BCUT2D eigenvalue weighted by Gasteiger charge is -2.39. The molecule has 1 aliphatic rings. The standard InChI is InChI=1S/C15H19N5O2/c1-12-13(4-2-6-16-12)14(21)19-8-3-5-15(22,10-19)11-20-9-7-17-18-20/h2,4,6-7,9,22H,3,5,8,10-11H2,1H3. The van der Waals surface area contributed by atoms with Gasteiger partial charge in [-0.25, -0.2) is 4.68 Å². The number of aromatic nitrogens is 4. The Morgan fingerprint density at radius 1 is 1.45 bits per heavy atom. The Labute approximate surface area is 128 Å². The van der Waals surface area contributed by atoms with Crippen LogP contribution >= 0.6 is 0 Å². The van der Waals surface area contributed by atoms with Gasteiger partial charge in [0.15, 0.2) is 0 Å². The number of β-amino-alcohol motifs (C(OH)–C–C–N with tert-alkyl or cyclic N) is 1. The molecule has 2 aromatic rings. The zero-order chi connectivity index (χ0) is 15.6. The quantitative estimate of drug-likeness (QED) is 0.900. The number of pyridine rings is 1. The zero-order valence-corrected chi connectivity index (χ0v) is 12.5. The van der Waals surface area contributed by atoms with Gasteiger partial charge < -0.3 is 10.0 Å². The highest BCUT2D eigenvalue weighted by molar-refractivity contribution is 5.95. The molecule has 0 bridgehead atoms. The van der Waals surface area contributed by atoms with Gasteiger partial charge in [-0.1, -0.05) is 5.21 Å². The van der Waals surface area contributed by atoms with Crippen LogP contribution < -0.4 is 0 Å². The molecule has 0 aromatic carbocycles. The predicted molar refractivity (Wildman–Crippen MR) is 79.1 cm³/mol. The van der Waals surface area contributed by atoms with Crippen LogP contribution in [-0.2, 0) is 6.54 Å². The van der Waals surface area contributed by atoms with E-state index < -0.39 is 5.60 Å². The third kappa shape index (κ3) is 2.99. The second kappa shape index (κ2) is 5.84. The van der Waals surface area contributed by atoms with Gasteiger partial charge >= 0.3 is 0 Å². The Morgan fingerprint density at radius 3 is 3.05 bits per heavy atom. The van der Waals surface area contributed by atoms with Crippen LogP contribution in [0.5, 0.6) is 0 Å². The normalized spacial score (nSPS) is 21.8. The molecule has 3 rings (SSSR count). The van der Waals surface area contributed by atoms with Crippen LogP contribution in [0.15, 0.2) is 30.7 Å². The first-order valence-corrected chi connectivity index (χ1v) is 7.35. The fourth-order valence-electron chi connectivity index (χ4n) is 2.91. The van der Waals surface area contributed by atoms with Gasteiger partial charge in [-0.15, -0.1) is 5.10 Å². The van der Waals surface area contributed by atoms with Gasteiger partial charge in [0.1, 0.15) is 5.60 Å². The van der Waals surface area contributed by atoms with E-state index in [1.54, 1.807) is 40.3 Å². The van der Waals surface area contributed by atoms with E-state index in [1.807, 2.05) is 6.92 Å². The number of amides is 1. The molecule has 1 fully saturated rings. The molecule has 1 saturated heterocycles. The van der Waals surface area contributed by atoms with Crippen molar-refractivity contribution in [2.24, 2.45) is 0 Å². The maximum absolute atomic E-state index is 12.7. The van der Waals surface area contributed by atoms with Gasteiger partial charge in [0.05, 0.1) is 24.8 Å². The molecule has 1 unspecified atom stereocenters. The second-order valence-electron chi connectivity index (χ2n) is 5.79. The number of rotatable bonds is 3. The minimum absolute atomic E-state index is 0.0812. The molecule has 0 radical (unpaired) electrons. The molecular formula is C15H19N5O2. The van der Waals surface area contributed by atoms with Crippen molar-refractivity contribution in [2.75, 3.05) is 13.1 Å². The SMILES string of the molecule is Cc1ncccc1C(=O)N1CCCC(O)(Cn2ccnn2)C1. The Bertz CT molecular complexity index is 658. The van der Waals surface area contributed by atoms with Gasteiger partial charge in [0, 0.05) is 24.6 Å². The Hall–Kier alpha value is -2.28. The Morgan fingerprint density at radius 2 is 2.32 bits per heavy atom. The van der Waals surface area contributed by atoms with E-state index in [0.29, 0.717) is 37.3 Å². The average Bonchev–Trinajstić information content (AvgIpc) is 2.99. The number of likely N-dealkylation sites (tertiary alicyclic amines) is 1. The fourth-order valence-corrected chi connectivity index (χ4v) is 2.91. The molecular weight excluding hydrogens is 282 g/mol. The molecule has 0 aliphatic carbocycles. The van der Waals surface area contributed by atoms with Crippen LogP contribution in [0.2, 0.25) is 0 Å². The number of aryl methyl sites for hydroxylation is 1. The van der Waals surface area contributed by atoms with Crippen molar-refractivity contribution >= 4 is 5.91 Å². The number of carbonyl (C=O) groups excluding carboxylic acids is 1. The van der Waals surface area contributed by atoms with E-state index in [1.165, 1.54) is 0 Å². The van der Waals surface area contributed by atoms with Crippen LogP contribution in [0.25, 0.3) is 0 Å². The highest BCUT2D eigenvalue weighted by Crippen LogP contribution is 2.24. The molecule has 2 aromatic heterocycles. The number of hydrogen-bond donors (Lipinski definition) is 1. The fraction of sp³-hybridized carbons (Fsp3) is 0.467. The highest BCUT2D eigenvalue weighted by Gasteiger charge is 2.36. The summed E-state index contributed by atoms with van der Waals surface area (Å²) in [7, 11) is 0. The van der Waals surface area contributed by atoms with Crippen molar-refractivity contribution in [1.82, 2.24) is 24.9 Å². The Balaban J connectivity index is 1.75. The number of piperidine rings is 1. The van der Waals surface area contributed by atoms with Crippen molar-refractivity contribution < 1.29 is 9.90 Å². The first kappa shape index (κ1) is 14.6. The van der Waals surface area contributed by atoms with Gasteiger partial charge in [-0.05, 0) is 31.9 Å². The number of nitrogens with zero attached hydrogens (tertiary/aromatic N) is 5. The summed E-state index contributed by atoms with van der Waals surface area (Å²) in [6.45, 7) is 3.09. The minimum atomic E-state index is -0.974. The molecule has 0 saturated carbocycles. The molecule has 0 spiro atoms. The van der Waals surface area contributed by atoms with Crippen LogP contribution in [0.3, 0.4) is 0 Å². The van der Waals surface area contributed by atoms with Crippen molar-refractivity contribution in [3.63, 3.8) is 0 Å². The molecule has 1 atom stereocenters. The van der Waals surface area contributed by atoms with Gasteiger partial charge in [-0.2, -0.15) is 0 Å². The summed E-state index contributed by atoms with van der Waals surface area (Å²) >= 11 is 0. The van der Waals surface area contributed by atoms with Crippen molar-refractivity contribution in [2.45, 2.75) is 31.9 Å². The molecule has 116 valence electrons. The van der Waals surface area contributed by atoms with Crippen molar-refractivity contribution in [3.8, 4) is 0 Å². The lowest BCUT2D eigenvalue weighted by atomic mass is 9.92. The first-order valence-electron chi connectivity index (χ1n) is 7.35. The summed E-state index contributed by atoms with van der Waals surface area (Å²) in [4.78, 5) is 18.5. The van der Waals surface area contributed by atoms with E-state index >= 15 is 0 Å². The monoisotopic (exact) mass is 301 g/mol. The molecule has 1 amide bonds. The largest absolute Gasteiger partial charge is 0.386 e. The van der Waals surface area contributed by atoms with E-state index in [9.17, 15) is 9.90 Å². The van der Waals surface area contributed by atoms with Gasteiger partial charge in [0.25, 0.3) is 5.91 Å².